The minimum atomic E-state index is 0.0579. The number of benzene rings is 1. The molecule has 24 heavy (non-hydrogen) atoms. The van der Waals surface area contributed by atoms with E-state index in [1.807, 2.05) is 41.9 Å². The second-order valence-corrected chi connectivity index (χ2v) is 6.07. The van der Waals surface area contributed by atoms with Crippen molar-refractivity contribution >= 4 is 5.70 Å². The number of rotatable bonds is 4. The highest BCUT2D eigenvalue weighted by Crippen LogP contribution is 2.22. The quantitative estimate of drug-likeness (QED) is 0.812. The SMILES string of the molecule is Cc1cc(C)n(CC2CN(C(=CC#N)c3ccccc3)CCO2)n1. The van der Waals surface area contributed by atoms with E-state index in [1.165, 1.54) is 0 Å². The first-order valence-electron chi connectivity index (χ1n) is 8.20. The monoisotopic (exact) mass is 322 g/mol. The zero-order valence-electron chi connectivity index (χ0n) is 14.1. The molecular formula is C19H22N4O. The van der Waals surface area contributed by atoms with Gasteiger partial charge in [-0.15, -0.1) is 0 Å². The fraction of sp³-hybridized carbons (Fsp3) is 0.368. The van der Waals surface area contributed by atoms with E-state index in [9.17, 15) is 5.26 Å². The fourth-order valence-electron chi connectivity index (χ4n) is 3.13. The Morgan fingerprint density at radius 3 is 2.83 bits per heavy atom. The van der Waals surface area contributed by atoms with E-state index in [0.29, 0.717) is 6.61 Å². The lowest BCUT2D eigenvalue weighted by Gasteiger charge is -2.36. The van der Waals surface area contributed by atoms with Crippen molar-refractivity contribution in [2.75, 3.05) is 19.7 Å². The number of hydrogen-bond donors (Lipinski definition) is 0. The van der Waals surface area contributed by atoms with Crippen molar-refractivity contribution in [3.63, 3.8) is 0 Å². The number of morpholine rings is 1. The van der Waals surface area contributed by atoms with E-state index in [2.05, 4.69) is 29.1 Å². The number of hydrogen-bond acceptors (Lipinski definition) is 4. The highest BCUT2D eigenvalue weighted by Gasteiger charge is 2.24. The van der Waals surface area contributed by atoms with Crippen molar-refractivity contribution in [3.05, 3.63) is 59.4 Å². The lowest BCUT2D eigenvalue weighted by Crippen LogP contribution is -2.43. The van der Waals surface area contributed by atoms with E-state index in [0.717, 1.165) is 42.3 Å². The third-order valence-corrected chi connectivity index (χ3v) is 4.23. The van der Waals surface area contributed by atoms with Gasteiger partial charge in [0, 0.05) is 24.9 Å². The Labute approximate surface area is 142 Å². The predicted octanol–water partition coefficient (Wildman–Crippen LogP) is 2.77. The van der Waals surface area contributed by atoms with Gasteiger partial charge >= 0.3 is 0 Å². The van der Waals surface area contributed by atoms with Crippen LogP contribution in [0.5, 0.6) is 0 Å². The number of allylic oxidation sites excluding steroid dienone is 1. The summed E-state index contributed by atoms with van der Waals surface area (Å²) >= 11 is 0. The summed E-state index contributed by atoms with van der Waals surface area (Å²) in [4.78, 5) is 2.23. The topological polar surface area (TPSA) is 54.1 Å². The van der Waals surface area contributed by atoms with Crippen LogP contribution in [0.3, 0.4) is 0 Å². The van der Waals surface area contributed by atoms with E-state index in [1.54, 1.807) is 6.08 Å². The molecule has 124 valence electrons. The van der Waals surface area contributed by atoms with E-state index in [4.69, 9.17) is 4.74 Å². The van der Waals surface area contributed by atoms with Crippen LogP contribution in [-0.4, -0.2) is 40.5 Å². The van der Waals surface area contributed by atoms with Crippen LogP contribution >= 0.6 is 0 Å². The van der Waals surface area contributed by atoms with Gasteiger partial charge in [-0.05, 0) is 25.5 Å². The summed E-state index contributed by atoms with van der Waals surface area (Å²) in [7, 11) is 0. The maximum Gasteiger partial charge on any atom is 0.0946 e. The molecule has 2 heterocycles. The summed E-state index contributed by atoms with van der Waals surface area (Å²) < 4.78 is 7.93. The average molecular weight is 322 g/mol. The van der Waals surface area contributed by atoms with Crippen LogP contribution in [0.15, 0.2) is 42.5 Å². The van der Waals surface area contributed by atoms with Gasteiger partial charge in [0.2, 0.25) is 0 Å². The molecule has 1 atom stereocenters. The van der Waals surface area contributed by atoms with Crippen LogP contribution in [0, 0.1) is 25.2 Å². The van der Waals surface area contributed by atoms with Crippen molar-refractivity contribution in [1.82, 2.24) is 14.7 Å². The standard InChI is InChI=1S/C19H22N4O/c1-15-12-16(2)23(21-15)14-18-13-22(10-11-24-18)19(8-9-20)17-6-4-3-5-7-17/h3-8,12,18H,10-11,13-14H2,1-2H3. The van der Waals surface area contributed by atoms with Gasteiger partial charge in [0.05, 0.1) is 36.7 Å². The molecule has 3 rings (SSSR count). The second-order valence-electron chi connectivity index (χ2n) is 6.07. The normalized spacial score (nSPS) is 18.5. The maximum atomic E-state index is 9.17. The van der Waals surface area contributed by atoms with E-state index in [-0.39, 0.29) is 6.10 Å². The number of ether oxygens (including phenoxy) is 1. The number of nitriles is 1. The minimum absolute atomic E-state index is 0.0579. The smallest absolute Gasteiger partial charge is 0.0946 e. The van der Waals surface area contributed by atoms with Crippen LogP contribution in [0.25, 0.3) is 5.70 Å². The summed E-state index contributed by atoms with van der Waals surface area (Å²) in [5.41, 5.74) is 4.18. The van der Waals surface area contributed by atoms with Gasteiger partial charge in [-0.3, -0.25) is 4.68 Å². The predicted molar refractivity (Wildman–Crippen MR) is 93.0 cm³/mol. The molecule has 5 heteroatoms. The van der Waals surface area contributed by atoms with E-state index >= 15 is 0 Å². The van der Waals surface area contributed by atoms with Gasteiger partial charge in [-0.1, -0.05) is 30.3 Å². The maximum absolute atomic E-state index is 9.17. The van der Waals surface area contributed by atoms with Crippen molar-refractivity contribution in [3.8, 4) is 6.07 Å². The Morgan fingerprint density at radius 1 is 1.38 bits per heavy atom. The molecule has 1 aromatic heterocycles. The Kier molecular flexibility index (Phi) is 4.97. The third kappa shape index (κ3) is 3.66. The zero-order valence-corrected chi connectivity index (χ0v) is 14.1. The number of aryl methyl sites for hydroxylation is 2. The zero-order chi connectivity index (χ0) is 16.9. The summed E-state index contributed by atoms with van der Waals surface area (Å²) in [5.74, 6) is 0. The molecule has 1 aliphatic rings. The molecule has 0 amide bonds. The van der Waals surface area contributed by atoms with Crippen molar-refractivity contribution in [2.24, 2.45) is 0 Å². The fourth-order valence-corrected chi connectivity index (χ4v) is 3.13. The molecule has 0 bridgehead atoms. The first-order chi connectivity index (χ1) is 11.7. The molecule has 2 aromatic rings. The van der Waals surface area contributed by atoms with Crippen molar-refractivity contribution in [1.29, 1.82) is 5.26 Å². The van der Waals surface area contributed by atoms with Crippen molar-refractivity contribution < 1.29 is 4.74 Å². The van der Waals surface area contributed by atoms with Gasteiger partial charge in [0.15, 0.2) is 0 Å². The molecule has 0 radical (unpaired) electrons. The summed E-state index contributed by atoms with van der Waals surface area (Å²) in [6.07, 6.45) is 1.68. The molecule has 1 aromatic carbocycles. The Morgan fingerprint density at radius 2 is 2.17 bits per heavy atom. The summed E-state index contributed by atoms with van der Waals surface area (Å²) in [5, 5.41) is 13.7. The van der Waals surface area contributed by atoms with Gasteiger partial charge in [0.1, 0.15) is 0 Å². The summed E-state index contributed by atoms with van der Waals surface area (Å²) in [6.45, 7) is 6.98. The number of nitrogens with zero attached hydrogens (tertiary/aromatic N) is 4. The molecule has 1 fully saturated rings. The highest BCUT2D eigenvalue weighted by atomic mass is 16.5. The highest BCUT2D eigenvalue weighted by molar-refractivity contribution is 5.66. The molecule has 1 saturated heterocycles. The molecule has 0 spiro atoms. The Hall–Kier alpha value is -2.58. The van der Waals surface area contributed by atoms with Crippen LogP contribution in [0.2, 0.25) is 0 Å². The Bertz CT molecular complexity index is 757. The molecule has 0 N–H and O–H groups in total. The molecule has 1 unspecified atom stereocenters. The Balaban J connectivity index is 1.76. The van der Waals surface area contributed by atoms with Crippen LogP contribution in [0.4, 0.5) is 0 Å². The lowest BCUT2D eigenvalue weighted by molar-refractivity contribution is -0.0193. The molecule has 0 saturated carbocycles. The molecule has 5 nitrogen and oxygen atoms in total. The first kappa shape index (κ1) is 16.3. The third-order valence-electron chi connectivity index (χ3n) is 4.23. The number of aromatic nitrogens is 2. The van der Waals surface area contributed by atoms with Gasteiger partial charge in [-0.25, -0.2) is 0 Å². The average Bonchev–Trinajstić information content (AvgIpc) is 2.91. The molecule has 1 aliphatic heterocycles. The van der Waals surface area contributed by atoms with Gasteiger partial charge in [-0.2, -0.15) is 10.4 Å². The second kappa shape index (κ2) is 7.33. The minimum Gasteiger partial charge on any atom is -0.373 e. The van der Waals surface area contributed by atoms with Crippen LogP contribution < -0.4 is 0 Å². The lowest BCUT2D eigenvalue weighted by atomic mass is 10.1. The van der Waals surface area contributed by atoms with Crippen molar-refractivity contribution in [2.45, 2.75) is 26.5 Å². The van der Waals surface area contributed by atoms with E-state index < -0.39 is 0 Å². The molecular weight excluding hydrogens is 300 g/mol. The van der Waals surface area contributed by atoms with Gasteiger partial charge < -0.3 is 9.64 Å². The summed E-state index contributed by atoms with van der Waals surface area (Å²) in [6, 6.07) is 14.3. The van der Waals surface area contributed by atoms with Crippen LogP contribution in [0.1, 0.15) is 17.0 Å². The van der Waals surface area contributed by atoms with Gasteiger partial charge in [0.25, 0.3) is 0 Å². The largest absolute Gasteiger partial charge is 0.373 e. The molecule has 0 aliphatic carbocycles. The first-order valence-corrected chi connectivity index (χ1v) is 8.20. The van der Waals surface area contributed by atoms with Crippen LogP contribution in [-0.2, 0) is 11.3 Å².